The number of halogens is 1. The third kappa shape index (κ3) is 1.87. The van der Waals surface area contributed by atoms with Crippen LogP contribution in [0, 0.1) is 0 Å². The number of pyridine rings is 1. The van der Waals surface area contributed by atoms with Crippen molar-refractivity contribution >= 4 is 28.3 Å². The second kappa shape index (κ2) is 4.14. The topological polar surface area (TPSA) is 62.3 Å². The van der Waals surface area contributed by atoms with E-state index < -0.39 is 0 Å². The van der Waals surface area contributed by atoms with Gasteiger partial charge in [-0.15, -0.1) is 0 Å². The summed E-state index contributed by atoms with van der Waals surface area (Å²) in [5.74, 6) is 0.235. The number of hydrogen-bond acceptors (Lipinski definition) is 3. The highest BCUT2D eigenvalue weighted by Gasteiger charge is 2.10. The summed E-state index contributed by atoms with van der Waals surface area (Å²) in [6.45, 7) is 3.36. The second-order valence-electron chi connectivity index (χ2n) is 3.50. The summed E-state index contributed by atoms with van der Waals surface area (Å²) in [6.07, 6.45) is 0. The number of ether oxygens (including phenoxy) is 1. The molecule has 0 aliphatic rings. The van der Waals surface area contributed by atoms with Gasteiger partial charge in [0.1, 0.15) is 16.5 Å². The van der Waals surface area contributed by atoms with Gasteiger partial charge in [-0.2, -0.15) is 0 Å². The van der Waals surface area contributed by atoms with Crippen LogP contribution in [0.2, 0.25) is 5.02 Å². The van der Waals surface area contributed by atoms with E-state index in [1.807, 2.05) is 0 Å². The Morgan fingerprint density at radius 2 is 2.24 bits per heavy atom. The lowest BCUT2D eigenvalue weighted by Crippen LogP contribution is -2.05. The highest BCUT2D eigenvalue weighted by molar-refractivity contribution is 6.36. The predicted molar refractivity (Wildman–Crippen MR) is 67.8 cm³/mol. The number of methoxy groups -OCH3 is 1. The lowest BCUT2D eigenvalue weighted by atomic mass is 10.1. The number of aromatic amines is 1. The number of aliphatic hydroxyl groups is 1. The van der Waals surface area contributed by atoms with Crippen molar-refractivity contribution in [2.45, 2.75) is 0 Å². The first-order valence-corrected chi connectivity index (χ1v) is 5.20. The average Bonchev–Trinajstić information content (AvgIpc) is 2.30. The van der Waals surface area contributed by atoms with E-state index in [1.165, 1.54) is 13.2 Å². The molecule has 0 atom stereocenters. The van der Waals surface area contributed by atoms with E-state index in [-0.39, 0.29) is 16.9 Å². The molecule has 0 unspecified atom stereocenters. The van der Waals surface area contributed by atoms with Crippen LogP contribution in [-0.4, -0.2) is 17.2 Å². The Hall–Kier alpha value is -1.94. The van der Waals surface area contributed by atoms with Gasteiger partial charge in [-0.25, -0.2) is 0 Å². The zero-order chi connectivity index (χ0) is 12.6. The zero-order valence-corrected chi connectivity index (χ0v) is 9.84. The number of nitrogens with one attached hydrogen (secondary N) is 1. The van der Waals surface area contributed by atoms with Crippen LogP contribution in [0.4, 0.5) is 0 Å². The molecule has 0 saturated heterocycles. The van der Waals surface area contributed by atoms with Crippen molar-refractivity contribution in [3.63, 3.8) is 0 Å². The van der Waals surface area contributed by atoms with Gasteiger partial charge >= 0.3 is 0 Å². The summed E-state index contributed by atoms with van der Waals surface area (Å²) in [7, 11) is 1.49. The molecule has 0 aliphatic heterocycles. The van der Waals surface area contributed by atoms with Gasteiger partial charge in [-0.05, 0) is 12.1 Å². The SMILES string of the molecule is C=C(O)c1cc(=O)c2ccc(OC)c(Cl)c2[nH]1. The Morgan fingerprint density at radius 1 is 1.53 bits per heavy atom. The lowest BCUT2D eigenvalue weighted by molar-refractivity contribution is 0.415. The van der Waals surface area contributed by atoms with Gasteiger partial charge in [0.15, 0.2) is 5.43 Å². The van der Waals surface area contributed by atoms with Crippen LogP contribution in [0.15, 0.2) is 29.6 Å². The summed E-state index contributed by atoms with van der Waals surface area (Å²) >= 11 is 6.08. The highest BCUT2D eigenvalue weighted by Crippen LogP contribution is 2.30. The largest absolute Gasteiger partial charge is 0.506 e. The molecule has 2 aromatic rings. The number of hydrogen-bond donors (Lipinski definition) is 2. The number of H-pyrrole nitrogens is 1. The van der Waals surface area contributed by atoms with Crippen molar-refractivity contribution in [2.24, 2.45) is 0 Å². The molecular formula is C12H10ClNO3. The molecule has 0 amide bonds. The summed E-state index contributed by atoms with van der Waals surface area (Å²) in [5.41, 5.74) is 0.412. The molecule has 0 aliphatic carbocycles. The number of rotatable bonds is 2. The molecule has 88 valence electrons. The molecule has 17 heavy (non-hydrogen) atoms. The molecule has 0 radical (unpaired) electrons. The van der Waals surface area contributed by atoms with E-state index >= 15 is 0 Å². The Labute approximate surface area is 102 Å². The smallest absolute Gasteiger partial charge is 0.190 e. The van der Waals surface area contributed by atoms with Crippen molar-refractivity contribution < 1.29 is 9.84 Å². The molecule has 4 nitrogen and oxygen atoms in total. The molecule has 0 bridgehead atoms. The van der Waals surface area contributed by atoms with Gasteiger partial charge in [0.25, 0.3) is 0 Å². The number of aliphatic hydroxyl groups excluding tert-OH is 1. The Morgan fingerprint density at radius 3 is 2.82 bits per heavy atom. The maximum atomic E-state index is 11.8. The Kier molecular flexibility index (Phi) is 2.81. The van der Waals surface area contributed by atoms with E-state index in [4.69, 9.17) is 16.3 Å². The molecule has 0 spiro atoms. The van der Waals surface area contributed by atoms with Crippen LogP contribution in [0.3, 0.4) is 0 Å². The third-order valence-corrected chi connectivity index (χ3v) is 2.81. The summed E-state index contributed by atoms with van der Waals surface area (Å²) in [5, 5.41) is 10.0. The lowest BCUT2D eigenvalue weighted by Gasteiger charge is -2.07. The molecule has 5 heteroatoms. The number of aromatic nitrogens is 1. The van der Waals surface area contributed by atoms with Crippen LogP contribution in [0.25, 0.3) is 16.7 Å². The van der Waals surface area contributed by atoms with Gasteiger partial charge in [-0.3, -0.25) is 4.79 Å². The van der Waals surface area contributed by atoms with Crippen molar-refractivity contribution in [3.05, 3.63) is 45.7 Å². The molecule has 2 N–H and O–H groups in total. The van der Waals surface area contributed by atoms with Gasteiger partial charge < -0.3 is 14.8 Å². The van der Waals surface area contributed by atoms with E-state index in [1.54, 1.807) is 12.1 Å². The summed E-state index contributed by atoms with van der Waals surface area (Å²) < 4.78 is 5.05. The first kappa shape index (κ1) is 11.5. The number of benzene rings is 1. The van der Waals surface area contributed by atoms with Crippen LogP contribution < -0.4 is 10.2 Å². The van der Waals surface area contributed by atoms with Crippen LogP contribution in [0.5, 0.6) is 5.75 Å². The molecule has 2 rings (SSSR count). The fourth-order valence-electron chi connectivity index (χ4n) is 1.58. The third-order valence-electron chi connectivity index (χ3n) is 2.44. The van der Waals surface area contributed by atoms with Crippen LogP contribution in [-0.2, 0) is 0 Å². The fourth-order valence-corrected chi connectivity index (χ4v) is 1.87. The van der Waals surface area contributed by atoms with Crippen molar-refractivity contribution in [1.82, 2.24) is 4.98 Å². The average molecular weight is 252 g/mol. The Balaban J connectivity index is 2.89. The minimum atomic E-state index is -0.242. The minimum absolute atomic E-state index is 0.220. The quantitative estimate of drug-likeness (QED) is 0.807. The minimum Gasteiger partial charge on any atom is -0.506 e. The van der Waals surface area contributed by atoms with Crippen molar-refractivity contribution in [2.75, 3.05) is 7.11 Å². The van der Waals surface area contributed by atoms with Gasteiger partial charge in [0.2, 0.25) is 0 Å². The van der Waals surface area contributed by atoms with Crippen molar-refractivity contribution in [1.29, 1.82) is 0 Å². The zero-order valence-electron chi connectivity index (χ0n) is 9.08. The van der Waals surface area contributed by atoms with Gasteiger partial charge in [0.05, 0.1) is 18.3 Å². The molecule has 0 fully saturated rings. The molecule has 0 saturated carbocycles. The predicted octanol–water partition coefficient (Wildman–Crippen LogP) is 2.72. The summed E-state index contributed by atoms with van der Waals surface area (Å²) in [6, 6.07) is 4.50. The highest BCUT2D eigenvalue weighted by atomic mass is 35.5. The van der Waals surface area contributed by atoms with Gasteiger partial charge in [-0.1, -0.05) is 18.2 Å². The number of fused-ring (bicyclic) bond motifs is 1. The normalized spacial score (nSPS) is 10.5. The summed E-state index contributed by atoms with van der Waals surface area (Å²) in [4.78, 5) is 14.6. The van der Waals surface area contributed by atoms with Gasteiger partial charge in [0, 0.05) is 11.5 Å². The molecule has 1 heterocycles. The van der Waals surface area contributed by atoms with Crippen molar-refractivity contribution in [3.8, 4) is 5.75 Å². The van der Waals surface area contributed by atoms with Crippen LogP contribution in [0.1, 0.15) is 5.69 Å². The maximum Gasteiger partial charge on any atom is 0.190 e. The first-order chi connectivity index (χ1) is 8.04. The maximum absolute atomic E-state index is 11.8. The fraction of sp³-hybridized carbons (Fsp3) is 0.0833. The van der Waals surface area contributed by atoms with E-state index in [0.29, 0.717) is 21.7 Å². The van der Waals surface area contributed by atoms with Crippen LogP contribution >= 0.6 is 11.6 Å². The van der Waals surface area contributed by atoms with E-state index in [9.17, 15) is 9.90 Å². The Bertz CT molecular complexity index is 661. The monoisotopic (exact) mass is 251 g/mol. The molecule has 1 aromatic heterocycles. The molecular weight excluding hydrogens is 242 g/mol. The second-order valence-corrected chi connectivity index (χ2v) is 3.88. The van der Waals surface area contributed by atoms with E-state index in [2.05, 4.69) is 11.6 Å². The first-order valence-electron chi connectivity index (χ1n) is 4.82. The van der Waals surface area contributed by atoms with E-state index in [0.717, 1.165) is 0 Å². The molecule has 1 aromatic carbocycles. The standard InChI is InChI=1S/C12H10ClNO3/c1-6(15)8-5-9(16)7-3-4-10(17-2)11(13)12(7)14-8/h3-5,15H,1H2,2H3,(H,14,16).